The van der Waals surface area contributed by atoms with Gasteiger partial charge < -0.3 is 0 Å². The van der Waals surface area contributed by atoms with Gasteiger partial charge in [0.25, 0.3) is 5.69 Å². The Morgan fingerprint density at radius 3 is 2.80 bits per heavy atom. The molecule has 0 bridgehead atoms. The standard InChI is InChI=1S/C11H10N2O2/c1-2-8-7-11(13(14)15)9-5-3-4-6-10(9)12-8/h3-7H,2H2,1H3. The molecule has 1 heterocycles. The van der Waals surface area contributed by atoms with E-state index in [0.717, 1.165) is 5.69 Å². The SMILES string of the molecule is CCc1cc([N+](=O)[O-])c2ccccc2n1. The van der Waals surface area contributed by atoms with Crippen LogP contribution in [0.2, 0.25) is 0 Å². The fraction of sp³-hybridized carbons (Fsp3) is 0.182. The molecule has 0 radical (unpaired) electrons. The van der Waals surface area contributed by atoms with E-state index in [-0.39, 0.29) is 10.6 Å². The predicted molar refractivity (Wildman–Crippen MR) is 57.8 cm³/mol. The summed E-state index contributed by atoms with van der Waals surface area (Å²) >= 11 is 0. The fourth-order valence-corrected chi connectivity index (χ4v) is 1.54. The van der Waals surface area contributed by atoms with Gasteiger partial charge in [-0.25, -0.2) is 0 Å². The minimum absolute atomic E-state index is 0.137. The largest absolute Gasteiger partial charge is 0.280 e. The van der Waals surface area contributed by atoms with Crippen molar-refractivity contribution < 1.29 is 4.92 Å². The van der Waals surface area contributed by atoms with Crippen molar-refractivity contribution in [1.82, 2.24) is 4.98 Å². The van der Waals surface area contributed by atoms with Crippen LogP contribution in [0.15, 0.2) is 30.3 Å². The topological polar surface area (TPSA) is 56.0 Å². The van der Waals surface area contributed by atoms with Crippen molar-refractivity contribution in [3.63, 3.8) is 0 Å². The molecule has 1 aromatic heterocycles. The highest BCUT2D eigenvalue weighted by molar-refractivity contribution is 5.87. The molecular formula is C11H10N2O2. The van der Waals surface area contributed by atoms with Gasteiger partial charge in [0.1, 0.15) is 0 Å². The lowest BCUT2D eigenvalue weighted by Crippen LogP contribution is -1.95. The van der Waals surface area contributed by atoms with Crippen LogP contribution in [-0.2, 0) is 6.42 Å². The van der Waals surface area contributed by atoms with E-state index in [2.05, 4.69) is 4.98 Å². The van der Waals surface area contributed by atoms with Crippen molar-refractivity contribution in [2.45, 2.75) is 13.3 Å². The summed E-state index contributed by atoms with van der Waals surface area (Å²) < 4.78 is 0. The summed E-state index contributed by atoms with van der Waals surface area (Å²) in [5.41, 5.74) is 1.57. The molecule has 76 valence electrons. The second-order valence-electron chi connectivity index (χ2n) is 3.26. The van der Waals surface area contributed by atoms with Gasteiger partial charge in [0.15, 0.2) is 0 Å². The van der Waals surface area contributed by atoms with Gasteiger partial charge >= 0.3 is 0 Å². The third kappa shape index (κ3) is 1.66. The molecule has 0 aliphatic carbocycles. The van der Waals surface area contributed by atoms with Gasteiger partial charge in [0, 0.05) is 11.8 Å². The maximum atomic E-state index is 10.9. The Hall–Kier alpha value is -1.97. The first-order chi connectivity index (χ1) is 7.22. The van der Waals surface area contributed by atoms with Crippen molar-refractivity contribution in [2.24, 2.45) is 0 Å². The quantitative estimate of drug-likeness (QED) is 0.555. The molecule has 0 unspecified atom stereocenters. The third-order valence-corrected chi connectivity index (χ3v) is 2.31. The van der Waals surface area contributed by atoms with E-state index in [1.165, 1.54) is 0 Å². The Morgan fingerprint density at radius 1 is 1.40 bits per heavy atom. The fourth-order valence-electron chi connectivity index (χ4n) is 1.54. The van der Waals surface area contributed by atoms with Gasteiger partial charge in [-0.05, 0) is 18.6 Å². The van der Waals surface area contributed by atoms with E-state index >= 15 is 0 Å². The highest BCUT2D eigenvalue weighted by Gasteiger charge is 2.13. The van der Waals surface area contributed by atoms with E-state index in [9.17, 15) is 10.1 Å². The number of hydrogen-bond acceptors (Lipinski definition) is 3. The van der Waals surface area contributed by atoms with Crippen molar-refractivity contribution >= 4 is 16.6 Å². The molecule has 0 fully saturated rings. The highest BCUT2D eigenvalue weighted by Crippen LogP contribution is 2.24. The number of aryl methyl sites for hydroxylation is 1. The van der Waals surface area contributed by atoms with Crippen LogP contribution < -0.4 is 0 Å². The minimum atomic E-state index is -0.358. The van der Waals surface area contributed by atoms with Crippen LogP contribution in [0, 0.1) is 10.1 Å². The lowest BCUT2D eigenvalue weighted by atomic mass is 10.1. The number of benzene rings is 1. The Balaban J connectivity index is 2.80. The van der Waals surface area contributed by atoms with Crippen LogP contribution in [0.3, 0.4) is 0 Å². The monoisotopic (exact) mass is 202 g/mol. The van der Waals surface area contributed by atoms with E-state index in [4.69, 9.17) is 0 Å². The number of para-hydroxylation sites is 1. The van der Waals surface area contributed by atoms with Crippen LogP contribution in [0.25, 0.3) is 10.9 Å². The Bertz CT molecular complexity index is 523. The first kappa shape index (κ1) is 9.58. The predicted octanol–water partition coefficient (Wildman–Crippen LogP) is 2.71. The summed E-state index contributed by atoms with van der Waals surface area (Å²) in [5, 5.41) is 11.5. The Labute approximate surface area is 86.7 Å². The van der Waals surface area contributed by atoms with Crippen molar-refractivity contribution in [2.75, 3.05) is 0 Å². The molecule has 4 nitrogen and oxygen atoms in total. The van der Waals surface area contributed by atoms with Crippen LogP contribution in [0.1, 0.15) is 12.6 Å². The first-order valence-electron chi connectivity index (χ1n) is 4.75. The molecule has 0 aliphatic heterocycles. The summed E-state index contributed by atoms with van der Waals surface area (Å²) in [4.78, 5) is 14.8. The Morgan fingerprint density at radius 2 is 2.13 bits per heavy atom. The van der Waals surface area contributed by atoms with E-state index in [1.54, 1.807) is 24.3 Å². The highest BCUT2D eigenvalue weighted by atomic mass is 16.6. The zero-order valence-electron chi connectivity index (χ0n) is 8.30. The number of nitrogens with zero attached hydrogens (tertiary/aromatic N) is 2. The van der Waals surface area contributed by atoms with Gasteiger partial charge in [-0.3, -0.25) is 15.1 Å². The maximum Gasteiger partial charge on any atom is 0.280 e. The molecule has 2 aromatic rings. The molecule has 2 rings (SSSR count). The molecule has 15 heavy (non-hydrogen) atoms. The summed E-state index contributed by atoms with van der Waals surface area (Å²) in [7, 11) is 0. The van der Waals surface area contributed by atoms with Crippen LogP contribution >= 0.6 is 0 Å². The van der Waals surface area contributed by atoms with E-state index in [0.29, 0.717) is 17.3 Å². The average molecular weight is 202 g/mol. The van der Waals surface area contributed by atoms with Gasteiger partial charge in [0.2, 0.25) is 0 Å². The number of pyridine rings is 1. The molecule has 1 aromatic carbocycles. The van der Waals surface area contributed by atoms with Gasteiger partial charge in [-0.1, -0.05) is 19.1 Å². The van der Waals surface area contributed by atoms with Gasteiger partial charge in [-0.15, -0.1) is 0 Å². The van der Waals surface area contributed by atoms with Crippen molar-refractivity contribution in [3.8, 4) is 0 Å². The molecule has 0 amide bonds. The second kappa shape index (κ2) is 3.65. The Kier molecular flexibility index (Phi) is 2.33. The minimum Gasteiger partial charge on any atom is -0.258 e. The third-order valence-electron chi connectivity index (χ3n) is 2.31. The zero-order chi connectivity index (χ0) is 10.8. The van der Waals surface area contributed by atoms with Crippen LogP contribution in [0.5, 0.6) is 0 Å². The van der Waals surface area contributed by atoms with Crippen molar-refractivity contribution in [1.29, 1.82) is 0 Å². The number of hydrogen-bond donors (Lipinski definition) is 0. The lowest BCUT2D eigenvalue weighted by molar-refractivity contribution is -0.383. The number of nitro groups is 1. The van der Waals surface area contributed by atoms with E-state index in [1.807, 2.05) is 13.0 Å². The number of rotatable bonds is 2. The normalized spacial score (nSPS) is 10.5. The molecular weight excluding hydrogens is 192 g/mol. The molecule has 0 saturated carbocycles. The molecule has 0 N–H and O–H groups in total. The number of aromatic nitrogens is 1. The number of fused-ring (bicyclic) bond motifs is 1. The van der Waals surface area contributed by atoms with Crippen molar-refractivity contribution in [3.05, 3.63) is 46.1 Å². The molecule has 0 spiro atoms. The van der Waals surface area contributed by atoms with Crippen LogP contribution in [-0.4, -0.2) is 9.91 Å². The average Bonchev–Trinajstić information content (AvgIpc) is 2.27. The van der Waals surface area contributed by atoms with Gasteiger partial charge in [0.05, 0.1) is 15.8 Å². The smallest absolute Gasteiger partial charge is 0.258 e. The first-order valence-corrected chi connectivity index (χ1v) is 4.75. The zero-order valence-corrected chi connectivity index (χ0v) is 8.30. The summed E-state index contributed by atoms with van der Waals surface area (Å²) in [6, 6.07) is 8.67. The maximum absolute atomic E-state index is 10.9. The van der Waals surface area contributed by atoms with Gasteiger partial charge in [-0.2, -0.15) is 0 Å². The molecule has 0 saturated heterocycles. The molecule has 0 atom stereocenters. The molecule has 4 heteroatoms. The molecule has 0 aliphatic rings. The summed E-state index contributed by atoms with van der Waals surface area (Å²) in [6.45, 7) is 1.93. The summed E-state index contributed by atoms with van der Waals surface area (Å²) in [5.74, 6) is 0. The lowest BCUT2D eigenvalue weighted by Gasteiger charge is -2.01. The summed E-state index contributed by atoms with van der Waals surface area (Å²) in [6.07, 6.45) is 0.700. The van der Waals surface area contributed by atoms with Crippen LogP contribution in [0.4, 0.5) is 5.69 Å². The second-order valence-corrected chi connectivity index (χ2v) is 3.26. The van der Waals surface area contributed by atoms with E-state index < -0.39 is 0 Å².